The molecule has 3 rings (SSSR count). The molecule has 0 heterocycles. The minimum Gasteiger partial charge on any atom is -0.351 e. The highest BCUT2D eigenvalue weighted by atomic mass is 32.2. The standard InChI is InChI=1S/C23H23FN2O3S2/c1-31(28,29)26(17-19-7-5-6-10-22(19)24)20-13-11-18(12-14-20)23(27)25-15-16-30-21-8-3-2-4-9-21/h2-14H,15-17H2,1H3,(H,25,27). The number of hydrogen-bond donors (Lipinski definition) is 1. The fraction of sp³-hybridized carbons (Fsp3) is 0.174. The van der Waals surface area contributed by atoms with Crippen molar-refractivity contribution in [3.63, 3.8) is 0 Å². The molecule has 3 aromatic carbocycles. The number of halogens is 1. The highest BCUT2D eigenvalue weighted by Crippen LogP contribution is 2.22. The maximum atomic E-state index is 14.0. The Bertz CT molecular complexity index is 1120. The fourth-order valence-electron chi connectivity index (χ4n) is 2.91. The van der Waals surface area contributed by atoms with Crippen molar-refractivity contribution in [3.8, 4) is 0 Å². The number of sulfonamides is 1. The average Bonchev–Trinajstić information content (AvgIpc) is 2.76. The van der Waals surface area contributed by atoms with Crippen LogP contribution in [-0.2, 0) is 16.6 Å². The van der Waals surface area contributed by atoms with Gasteiger partial charge in [0.15, 0.2) is 0 Å². The topological polar surface area (TPSA) is 66.5 Å². The molecule has 8 heteroatoms. The number of carbonyl (C=O) groups excluding carboxylic acids is 1. The number of anilines is 1. The van der Waals surface area contributed by atoms with Crippen LogP contribution in [0.1, 0.15) is 15.9 Å². The van der Waals surface area contributed by atoms with Gasteiger partial charge in [-0.25, -0.2) is 12.8 Å². The zero-order valence-electron chi connectivity index (χ0n) is 17.0. The Labute approximate surface area is 186 Å². The van der Waals surface area contributed by atoms with Gasteiger partial charge < -0.3 is 5.32 Å². The van der Waals surface area contributed by atoms with Crippen LogP contribution in [-0.4, -0.2) is 32.9 Å². The van der Waals surface area contributed by atoms with Gasteiger partial charge in [-0.2, -0.15) is 0 Å². The number of rotatable bonds is 9. The van der Waals surface area contributed by atoms with Gasteiger partial charge in [-0.1, -0.05) is 36.4 Å². The van der Waals surface area contributed by atoms with Crippen molar-refractivity contribution in [1.29, 1.82) is 0 Å². The van der Waals surface area contributed by atoms with E-state index in [0.717, 1.165) is 21.2 Å². The quantitative estimate of drug-likeness (QED) is 0.383. The van der Waals surface area contributed by atoms with Crippen LogP contribution in [0.3, 0.4) is 0 Å². The van der Waals surface area contributed by atoms with Gasteiger partial charge in [-0.3, -0.25) is 9.10 Å². The third-order valence-corrected chi connectivity index (χ3v) is 6.64. The molecular formula is C23H23FN2O3S2. The number of benzene rings is 3. The molecule has 162 valence electrons. The number of thioether (sulfide) groups is 1. The zero-order valence-corrected chi connectivity index (χ0v) is 18.6. The van der Waals surface area contributed by atoms with Gasteiger partial charge in [0.25, 0.3) is 5.91 Å². The van der Waals surface area contributed by atoms with Crippen molar-refractivity contribution in [2.75, 3.05) is 22.9 Å². The first-order valence-electron chi connectivity index (χ1n) is 9.62. The number of nitrogens with one attached hydrogen (secondary N) is 1. The van der Waals surface area contributed by atoms with Crippen molar-refractivity contribution in [2.45, 2.75) is 11.4 Å². The van der Waals surface area contributed by atoms with Crippen molar-refractivity contribution in [1.82, 2.24) is 5.32 Å². The van der Waals surface area contributed by atoms with Gasteiger partial charge in [0.05, 0.1) is 18.5 Å². The van der Waals surface area contributed by atoms with Gasteiger partial charge in [0, 0.05) is 28.3 Å². The molecule has 0 saturated heterocycles. The van der Waals surface area contributed by atoms with Gasteiger partial charge in [-0.15, -0.1) is 11.8 Å². The molecule has 0 spiro atoms. The summed E-state index contributed by atoms with van der Waals surface area (Å²) < 4.78 is 39.7. The van der Waals surface area contributed by atoms with E-state index in [9.17, 15) is 17.6 Å². The third kappa shape index (κ3) is 6.57. The highest BCUT2D eigenvalue weighted by Gasteiger charge is 2.19. The van der Waals surface area contributed by atoms with Gasteiger partial charge in [0.1, 0.15) is 5.82 Å². The second-order valence-electron chi connectivity index (χ2n) is 6.83. The summed E-state index contributed by atoms with van der Waals surface area (Å²) in [6, 6.07) is 22.2. The maximum absolute atomic E-state index is 14.0. The lowest BCUT2D eigenvalue weighted by Crippen LogP contribution is -2.30. The smallest absolute Gasteiger partial charge is 0.251 e. The number of carbonyl (C=O) groups is 1. The van der Waals surface area contributed by atoms with Gasteiger partial charge in [-0.05, 0) is 42.5 Å². The van der Waals surface area contributed by atoms with Crippen LogP contribution in [0.15, 0.2) is 83.8 Å². The largest absolute Gasteiger partial charge is 0.351 e. The van der Waals surface area contributed by atoms with E-state index in [1.165, 1.54) is 6.07 Å². The van der Waals surface area contributed by atoms with Crippen LogP contribution >= 0.6 is 11.8 Å². The van der Waals surface area contributed by atoms with Gasteiger partial charge in [0.2, 0.25) is 10.0 Å². The molecule has 0 aliphatic heterocycles. The highest BCUT2D eigenvalue weighted by molar-refractivity contribution is 7.99. The number of nitrogens with zero attached hydrogens (tertiary/aromatic N) is 1. The van der Waals surface area contributed by atoms with Crippen LogP contribution in [0.5, 0.6) is 0 Å². The second-order valence-corrected chi connectivity index (χ2v) is 9.90. The van der Waals surface area contributed by atoms with E-state index in [1.54, 1.807) is 54.2 Å². The summed E-state index contributed by atoms with van der Waals surface area (Å²) in [5.41, 5.74) is 1.06. The predicted molar refractivity (Wildman–Crippen MR) is 123 cm³/mol. The second kappa shape index (κ2) is 10.5. The van der Waals surface area contributed by atoms with E-state index in [-0.39, 0.29) is 18.0 Å². The molecule has 3 aromatic rings. The molecule has 1 amide bonds. The molecule has 1 N–H and O–H groups in total. The zero-order chi connectivity index (χ0) is 22.3. The normalized spacial score (nSPS) is 11.2. The molecule has 0 atom stereocenters. The summed E-state index contributed by atoms with van der Waals surface area (Å²) in [5.74, 6) is 0.0268. The SMILES string of the molecule is CS(=O)(=O)N(Cc1ccccc1F)c1ccc(C(=O)NCCSc2ccccc2)cc1. The fourth-order valence-corrected chi connectivity index (χ4v) is 4.58. The first-order valence-corrected chi connectivity index (χ1v) is 12.5. The molecule has 0 aliphatic carbocycles. The van der Waals surface area contributed by atoms with E-state index in [4.69, 9.17) is 0 Å². The van der Waals surface area contributed by atoms with E-state index in [0.29, 0.717) is 17.8 Å². The van der Waals surface area contributed by atoms with Crippen LogP contribution in [0.25, 0.3) is 0 Å². The molecule has 0 unspecified atom stereocenters. The van der Waals surface area contributed by atoms with E-state index >= 15 is 0 Å². The Hall–Kier alpha value is -2.84. The summed E-state index contributed by atoms with van der Waals surface area (Å²) in [5, 5.41) is 2.85. The summed E-state index contributed by atoms with van der Waals surface area (Å²) in [6.07, 6.45) is 1.07. The Kier molecular flexibility index (Phi) is 7.70. The summed E-state index contributed by atoms with van der Waals surface area (Å²) in [6.45, 7) is 0.372. The Morgan fingerprint density at radius 1 is 0.968 bits per heavy atom. The van der Waals surface area contributed by atoms with Crippen LogP contribution in [0.2, 0.25) is 0 Å². The van der Waals surface area contributed by atoms with Crippen molar-refractivity contribution >= 4 is 33.4 Å². The Balaban J connectivity index is 1.62. The molecule has 0 saturated carbocycles. The molecule has 31 heavy (non-hydrogen) atoms. The predicted octanol–water partition coefficient (Wildman–Crippen LogP) is 4.31. The van der Waals surface area contributed by atoms with E-state index in [2.05, 4.69) is 5.32 Å². The minimum atomic E-state index is -3.65. The van der Waals surface area contributed by atoms with Crippen LogP contribution < -0.4 is 9.62 Å². The van der Waals surface area contributed by atoms with Crippen molar-refractivity contribution in [2.24, 2.45) is 0 Å². The van der Waals surface area contributed by atoms with Crippen molar-refractivity contribution in [3.05, 3.63) is 95.8 Å². The Morgan fingerprint density at radius 2 is 1.61 bits per heavy atom. The van der Waals surface area contributed by atoms with E-state index in [1.807, 2.05) is 30.3 Å². The van der Waals surface area contributed by atoms with Crippen LogP contribution in [0, 0.1) is 5.82 Å². The third-order valence-electron chi connectivity index (χ3n) is 4.49. The lowest BCUT2D eigenvalue weighted by molar-refractivity contribution is 0.0956. The molecule has 0 aliphatic rings. The van der Waals surface area contributed by atoms with E-state index < -0.39 is 15.8 Å². The number of amides is 1. The number of hydrogen-bond acceptors (Lipinski definition) is 4. The molecule has 0 aromatic heterocycles. The Morgan fingerprint density at radius 3 is 2.26 bits per heavy atom. The lowest BCUT2D eigenvalue weighted by Gasteiger charge is -2.23. The molecule has 0 radical (unpaired) electrons. The average molecular weight is 459 g/mol. The summed E-state index contributed by atoms with van der Waals surface area (Å²) in [4.78, 5) is 13.5. The molecule has 0 fully saturated rings. The minimum absolute atomic E-state index is 0.131. The molecule has 5 nitrogen and oxygen atoms in total. The van der Waals surface area contributed by atoms with Crippen LogP contribution in [0.4, 0.5) is 10.1 Å². The van der Waals surface area contributed by atoms with Gasteiger partial charge >= 0.3 is 0 Å². The first-order chi connectivity index (χ1) is 14.8. The monoisotopic (exact) mass is 458 g/mol. The summed E-state index contributed by atoms with van der Waals surface area (Å²) in [7, 11) is -3.65. The molecular weight excluding hydrogens is 435 g/mol. The molecule has 0 bridgehead atoms. The maximum Gasteiger partial charge on any atom is 0.251 e. The lowest BCUT2D eigenvalue weighted by atomic mass is 10.1. The summed E-state index contributed by atoms with van der Waals surface area (Å²) >= 11 is 1.65. The first kappa shape index (κ1) is 22.8. The van der Waals surface area contributed by atoms with Crippen molar-refractivity contribution < 1.29 is 17.6 Å².